The molecule has 0 amide bonds. The van der Waals surface area contributed by atoms with Gasteiger partial charge in [0.25, 0.3) is 0 Å². The number of hydrogen-bond acceptors (Lipinski definition) is 6. The molecule has 1 heterocycles. The van der Waals surface area contributed by atoms with Crippen molar-refractivity contribution in [2.24, 2.45) is 5.10 Å². The van der Waals surface area contributed by atoms with E-state index in [0.29, 0.717) is 27.9 Å². The third-order valence-electron chi connectivity index (χ3n) is 4.69. The molecule has 1 saturated carbocycles. The highest BCUT2D eigenvalue weighted by atomic mass is 32.1. The van der Waals surface area contributed by atoms with Crippen LogP contribution in [0.15, 0.2) is 17.2 Å². The van der Waals surface area contributed by atoms with Crippen molar-refractivity contribution >= 4 is 18.4 Å². The molecule has 140 valence electrons. The molecule has 8 heteroatoms. The molecule has 7 nitrogen and oxygen atoms in total. The minimum Gasteiger partial charge on any atom is -0.493 e. The maximum Gasteiger partial charge on any atom is 0.216 e. The van der Waals surface area contributed by atoms with E-state index in [2.05, 4.69) is 15.3 Å². The molecule has 1 N–H and O–H groups in total. The molecule has 26 heavy (non-hydrogen) atoms. The topological polar surface area (TPSA) is 73.7 Å². The second kappa shape index (κ2) is 8.35. The number of aromatic amines is 1. The SMILES string of the molecule is COc1ccc(/C=N/n2c(C3CCCCC3)n[nH]c2=S)c(OC)c1OC. The van der Waals surface area contributed by atoms with E-state index >= 15 is 0 Å². The molecule has 0 saturated heterocycles. The number of nitrogens with one attached hydrogen (secondary N) is 1. The van der Waals surface area contributed by atoms with Crippen LogP contribution in [0.5, 0.6) is 17.2 Å². The zero-order valence-corrected chi connectivity index (χ0v) is 16.1. The lowest BCUT2D eigenvalue weighted by atomic mass is 9.89. The quantitative estimate of drug-likeness (QED) is 0.611. The lowest BCUT2D eigenvalue weighted by molar-refractivity contribution is 0.324. The highest BCUT2D eigenvalue weighted by molar-refractivity contribution is 7.71. The van der Waals surface area contributed by atoms with Crippen LogP contribution >= 0.6 is 12.2 Å². The molecule has 1 fully saturated rings. The van der Waals surface area contributed by atoms with Crippen molar-refractivity contribution in [1.29, 1.82) is 0 Å². The fourth-order valence-corrected chi connectivity index (χ4v) is 3.57. The average molecular weight is 376 g/mol. The number of hydrogen-bond donors (Lipinski definition) is 1. The summed E-state index contributed by atoms with van der Waals surface area (Å²) in [6, 6.07) is 3.69. The monoisotopic (exact) mass is 376 g/mol. The molecule has 1 aliphatic carbocycles. The molecule has 0 spiro atoms. The summed E-state index contributed by atoms with van der Waals surface area (Å²) in [5.41, 5.74) is 0.767. The summed E-state index contributed by atoms with van der Waals surface area (Å²) in [6.45, 7) is 0. The van der Waals surface area contributed by atoms with Crippen molar-refractivity contribution in [3.63, 3.8) is 0 Å². The van der Waals surface area contributed by atoms with Crippen molar-refractivity contribution in [2.75, 3.05) is 21.3 Å². The molecule has 0 bridgehead atoms. The van der Waals surface area contributed by atoms with E-state index in [1.807, 2.05) is 12.1 Å². The maximum atomic E-state index is 5.50. The van der Waals surface area contributed by atoms with Gasteiger partial charge in [0, 0.05) is 11.5 Å². The first kappa shape index (κ1) is 18.4. The Kier molecular flexibility index (Phi) is 5.92. The van der Waals surface area contributed by atoms with Gasteiger partial charge in [-0.05, 0) is 37.2 Å². The van der Waals surface area contributed by atoms with Crippen LogP contribution in [0.4, 0.5) is 0 Å². The summed E-state index contributed by atoms with van der Waals surface area (Å²) in [5, 5.41) is 11.8. The predicted octanol–water partition coefficient (Wildman–Crippen LogP) is 3.90. The van der Waals surface area contributed by atoms with Crippen LogP contribution < -0.4 is 14.2 Å². The van der Waals surface area contributed by atoms with Gasteiger partial charge in [-0.15, -0.1) is 0 Å². The van der Waals surface area contributed by atoms with E-state index in [4.69, 9.17) is 26.4 Å². The number of methoxy groups -OCH3 is 3. The summed E-state index contributed by atoms with van der Waals surface area (Å²) >= 11 is 5.36. The Morgan fingerprint density at radius 2 is 1.85 bits per heavy atom. The van der Waals surface area contributed by atoms with Gasteiger partial charge in [0.05, 0.1) is 27.5 Å². The van der Waals surface area contributed by atoms with Crippen molar-refractivity contribution in [3.8, 4) is 17.2 Å². The highest BCUT2D eigenvalue weighted by Crippen LogP contribution is 2.39. The first-order valence-electron chi connectivity index (χ1n) is 8.70. The van der Waals surface area contributed by atoms with Gasteiger partial charge in [0.2, 0.25) is 10.5 Å². The molecule has 0 atom stereocenters. The van der Waals surface area contributed by atoms with E-state index < -0.39 is 0 Å². The third-order valence-corrected chi connectivity index (χ3v) is 4.96. The molecule has 2 aromatic rings. The molecule has 3 rings (SSSR count). The molecule has 1 aromatic carbocycles. The van der Waals surface area contributed by atoms with Gasteiger partial charge < -0.3 is 14.2 Å². The summed E-state index contributed by atoms with van der Waals surface area (Å²) in [6.07, 6.45) is 7.67. The number of nitrogens with zero attached hydrogens (tertiary/aromatic N) is 3. The Morgan fingerprint density at radius 1 is 1.12 bits per heavy atom. The van der Waals surface area contributed by atoms with Crippen LogP contribution in [0.2, 0.25) is 0 Å². The summed E-state index contributed by atoms with van der Waals surface area (Å²) in [5.74, 6) is 2.97. The van der Waals surface area contributed by atoms with Crippen LogP contribution in [0.3, 0.4) is 0 Å². The van der Waals surface area contributed by atoms with E-state index in [-0.39, 0.29) is 0 Å². The Morgan fingerprint density at radius 3 is 2.50 bits per heavy atom. The standard InChI is InChI=1S/C18H24N4O3S/c1-23-14-10-9-13(15(24-2)16(14)25-3)11-19-22-17(20-21-18(22)26)12-7-5-4-6-8-12/h9-12H,4-8H2,1-3H3,(H,21,26)/b19-11+. The fourth-order valence-electron chi connectivity index (χ4n) is 3.39. The van der Waals surface area contributed by atoms with E-state index in [1.165, 1.54) is 19.3 Å². The van der Waals surface area contributed by atoms with Crippen molar-refractivity contribution in [3.05, 3.63) is 28.3 Å². The Hall–Kier alpha value is -2.35. The second-order valence-electron chi connectivity index (χ2n) is 6.20. The van der Waals surface area contributed by atoms with Gasteiger partial charge in [-0.1, -0.05) is 19.3 Å². The van der Waals surface area contributed by atoms with Crippen LogP contribution in [-0.2, 0) is 0 Å². The highest BCUT2D eigenvalue weighted by Gasteiger charge is 2.21. The van der Waals surface area contributed by atoms with E-state index in [0.717, 1.165) is 24.2 Å². The third kappa shape index (κ3) is 3.60. The summed E-state index contributed by atoms with van der Waals surface area (Å²) in [7, 11) is 4.76. The maximum absolute atomic E-state index is 5.50. The van der Waals surface area contributed by atoms with Crippen LogP contribution in [-0.4, -0.2) is 42.4 Å². The fraction of sp³-hybridized carbons (Fsp3) is 0.500. The van der Waals surface area contributed by atoms with Crippen LogP contribution in [0, 0.1) is 4.77 Å². The van der Waals surface area contributed by atoms with Crippen molar-refractivity contribution in [1.82, 2.24) is 14.9 Å². The van der Waals surface area contributed by atoms with Crippen molar-refractivity contribution in [2.45, 2.75) is 38.0 Å². The van der Waals surface area contributed by atoms with Crippen molar-refractivity contribution < 1.29 is 14.2 Å². The molecule has 0 radical (unpaired) electrons. The molecule has 0 unspecified atom stereocenters. The van der Waals surface area contributed by atoms with Gasteiger partial charge in [-0.3, -0.25) is 5.10 Å². The first-order valence-corrected chi connectivity index (χ1v) is 9.11. The van der Waals surface area contributed by atoms with Gasteiger partial charge in [0.1, 0.15) is 0 Å². The Labute approximate surface area is 158 Å². The average Bonchev–Trinajstić information content (AvgIpc) is 3.06. The van der Waals surface area contributed by atoms with E-state index in [9.17, 15) is 0 Å². The zero-order chi connectivity index (χ0) is 18.5. The molecule has 1 aromatic heterocycles. The minimum atomic E-state index is 0.390. The Balaban J connectivity index is 1.96. The summed E-state index contributed by atoms with van der Waals surface area (Å²) in [4.78, 5) is 0. The van der Waals surface area contributed by atoms with Gasteiger partial charge in [-0.2, -0.15) is 14.9 Å². The van der Waals surface area contributed by atoms with Gasteiger partial charge in [-0.25, -0.2) is 0 Å². The lowest BCUT2D eigenvalue weighted by Crippen LogP contribution is -2.10. The number of benzene rings is 1. The molecule has 1 aliphatic rings. The number of ether oxygens (including phenoxy) is 3. The lowest BCUT2D eigenvalue weighted by Gasteiger charge is -2.20. The van der Waals surface area contributed by atoms with E-state index in [1.54, 1.807) is 32.2 Å². The number of rotatable bonds is 6. The van der Waals surface area contributed by atoms with Crippen LogP contribution in [0.1, 0.15) is 49.4 Å². The van der Waals surface area contributed by atoms with Gasteiger partial charge >= 0.3 is 0 Å². The first-order chi connectivity index (χ1) is 12.7. The number of aromatic nitrogens is 3. The molecular formula is C18H24N4O3S. The number of H-pyrrole nitrogens is 1. The summed E-state index contributed by atoms with van der Waals surface area (Å²) < 4.78 is 18.4. The van der Waals surface area contributed by atoms with Gasteiger partial charge in [0.15, 0.2) is 17.3 Å². The normalized spacial score (nSPS) is 15.3. The molecular weight excluding hydrogens is 352 g/mol. The second-order valence-corrected chi connectivity index (χ2v) is 6.59. The predicted molar refractivity (Wildman–Crippen MR) is 102 cm³/mol. The van der Waals surface area contributed by atoms with Crippen LogP contribution in [0.25, 0.3) is 0 Å². The largest absolute Gasteiger partial charge is 0.493 e. The molecule has 0 aliphatic heterocycles. The Bertz CT molecular complexity index is 837. The zero-order valence-electron chi connectivity index (χ0n) is 15.3. The smallest absolute Gasteiger partial charge is 0.216 e. The minimum absolute atomic E-state index is 0.390.